The van der Waals surface area contributed by atoms with Gasteiger partial charge >= 0.3 is 6.09 Å². The molecule has 0 saturated carbocycles. The summed E-state index contributed by atoms with van der Waals surface area (Å²) in [6.07, 6.45) is -1.44. The molecule has 27 heavy (non-hydrogen) atoms. The minimum atomic E-state index is -0.877. The number of fused-ring (bicyclic) bond motifs is 1. The number of nitrogens with one attached hydrogen (secondary N) is 1. The molecule has 0 fully saturated rings. The van der Waals surface area contributed by atoms with Gasteiger partial charge < -0.3 is 9.84 Å². The van der Waals surface area contributed by atoms with E-state index in [1.807, 2.05) is 20.0 Å². The molecular formula is C19H20BFN2O3S. The minimum Gasteiger partial charge on any atom is -0.444 e. The number of thiazole rings is 1. The molecule has 0 radical (unpaired) electrons. The predicted molar refractivity (Wildman–Crippen MR) is 108 cm³/mol. The third-order valence-electron chi connectivity index (χ3n) is 3.82. The van der Waals surface area contributed by atoms with Crippen LogP contribution in [0.25, 0.3) is 10.2 Å². The lowest BCUT2D eigenvalue weighted by molar-refractivity contribution is 0.0636. The molecule has 2 N–H and O–H groups in total. The smallest absolute Gasteiger partial charge is 0.413 e. The van der Waals surface area contributed by atoms with Gasteiger partial charge in [0, 0.05) is 0 Å². The summed E-state index contributed by atoms with van der Waals surface area (Å²) in [6, 6.07) is 9.42. The number of nitrogens with zero attached hydrogens (tertiary/aromatic N) is 1. The van der Waals surface area contributed by atoms with E-state index in [2.05, 4.69) is 10.3 Å². The lowest BCUT2D eigenvalue weighted by Gasteiger charge is -2.18. The van der Waals surface area contributed by atoms with E-state index in [1.165, 1.54) is 23.5 Å². The van der Waals surface area contributed by atoms with Gasteiger partial charge in [-0.05, 0) is 50.1 Å². The fraction of sp³-hybridized carbons (Fsp3) is 0.263. The zero-order chi connectivity index (χ0) is 19.8. The molecule has 5 nitrogen and oxygen atoms in total. The van der Waals surface area contributed by atoms with Gasteiger partial charge in [0.25, 0.3) is 0 Å². The minimum absolute atomic E-state index is 0.349. The first-order chi connectivity index (χ1) is 12.6. The van der Waals surface area contributed by atoms with Gasteiger partial charge in [-0.15, -0.1) is 0 Å². The van der Waals surface area contributed by atoms with Crippen LogP contribution < -0.4 is 10.8 Å². The van der Waals surface area contributed by atoms with Gasteiger partial charge in [-0.25, -0.2) is 14.2 Å². The molecule has 2 aromatic carbocycles. The number of carbonyl (C=O) groups excluding carboxylic acids is 1. The number of halogens is 1. The molecule has 0 saturated heterocycles. The normalized spacial score (nSPS) is 12.8. The zero-order valence-electron chi connectivity index (χ0n) is 15.5. The molecule has 1 heterocycles. The van der Waals surface area contributed by atoms with Crippen molar-refractivity contribution in [3.8, 4) is 0 Å². The number of ether oxygens (including phenoxy) is 1. The molecule has 0 aliphatic rings. The van der Waals surface area contributed by atoms with Gasteiger partial charge in [0.2, 0.25) is 0 Å². The Bertz CT molecular complexity index is 983. The van der Waals surface area contributed by atoms with E-state index in [4.69, 9.17) is 4.74 Å². The molecule has 1 unspecified atom stereocenters. The van der Waals surface area contributed by atoms with E-state index >= 15 is 0 Å². The van der Waals surface area contributed by atoms with Crippen LogP contribution >= 0.6 is 11.3 Å². The number of rotatable bonds is 3. The fourth-order valence-electron chi connectivity index (χ4n) is 2.66. The molecule has 3 aromatic rings. The SMILES string of the molecule is Bc1cc(C(O)c2ccc(F)cc2)cc2sc(NC(=O)OC(C)(C)C)nc12. The summed E-state index contributed by atoms with van der Waals surface area (Å²) >= 11 is 1.30. The summed E-state index contributed by atoms with van der Waals surface area (Å²) in [5.74, 6) is -0.349. The quantitative estimate of drug-likeness (QED) is 0.679. The molecule has 3 rings (SSSR count). The third kappa shape index (κ3) is 4.64. The van der Waals surface area contributed by atoms with Crippen LogP contribution in [0.3, 0.4) is 0 Å². The summed E-state index contributed by atoms with van der Waals surface area (Å²) in [7, 11) is 1.89. The highest BCUT2D eigenvalue weighted by Gasteiger charge is 2.19. The Morgan fingerprint density at radius 3 is 2.56 bits per heavy atom. The lowest BCUT2D eigenvalue weighted by atomic mass is 9.90. The topological polar surface area (TPSA) is 71.5 Å². The number of hydrogen-bond acceptors (Lipinski definition) is 5. The Morgan fingerprint density at radius 2 is 1.93 bits per heavy atom. The monoisotopic (exact) mass is 386 g/mol. The van der Waals surface area contributed by atoms with Crippen molar-refractivity contribution in [2.45, 2.75) is 32.5 Å². The number of aliphatic hydroxyl groups excluding tert-OH is 1. The number of anilines is 1. The van der Waals surface area contributed by atoms with Gasteiger partial charge in [-0.2, -0.15) is 0 Å². The number of aliphatic hydroxyl groups is 1. The number of carbonyl (C=O) groups is 1. The van der Waals surface area contributed by atoms with Crippen LogP contribution in [0.5, 0.6) is 0 Å². The van der Waals surface area contributed by atoms with Gasteiger partial charge in [-0.3, -0.25) is 5.32 Å². The summed E-state index contributed by atoms with van der Waals surface area (Å²) in [5, 5.41) is 13.7. The highest BCUT2D eigenvalue weighted by atomic mass is 32.1. The molecule has 8 heteroatoms. The first-order valence-corrected chi connectivity index (χ1v) is 9.28. The van der Waals surface area contributed by atoms with E-state index < -0.39 is 17.8 Å². The van der Waals surface area contributed by atoms with Crippen molar-refractivity contribution in [2.24, 2.45) is 0 Å². The van der Waals surface area contributed by atoms with Crippen LogP contribution in [0.4, 0.5) is 14.3 Å². The highest BCUT2D eigenvalue weighted by Crippen LogP contribution is 2.30. The van der Waals surface area contributed by atoms with Gasteiger partial charge in [0.05, 0.1) is 10.2 Å². The van der Waals surface area contributed by atoms with E-state index in [0.717, 1.165) is 15.7 Å². The number of hydrogen-bond donors (Lipinski definition) is 2. The molecule has 0 aliphatic heterocycles. The fourth-order valence-corrected chi connectivity index (χ4v) is 3.64. The van der Waals surface area contributed by atoms with Gasteiger partial charge in [-0.1, -0.05) is 35.0 Å². The van der Waals surface area contributed by atoms with Gasteiger partial charge in [0.15, 0.2) is 5.13 Å². The van der Waals surface area contributed by atoms with Crippen LogP contribution in [0.2, 0.25) is 0 Å². The van der Waals surface area contributed by atoms with E-state index in [9.17, 15) is 14.3 Å². The van der Waals surface area contributed by atoms with E-state index in [-0.39, 0.29) is 5.82 Å². The molecule has 140 valence electrons. The van der Waals surface area contributed by atoms with Crippen LogP contribution in [0, 0.1) is 5.82 Å². The third-order valence-corrected chi connectivity index (χ3v) is 4.74. The summed E-state index contributed by atoms with van der Waals surface area (Å²) in [6.45, 7) is 5.37. The van der Waals surface area contributed by atoms with Crippen molar-refractivity contribution in [3.63, 3.8) is 0 Å². The Morgan fingerprint density at radius 1 is 1.26 bits per heavy atom. The zero-order valence-corrected chi connectivity index (χ0v) is 16.4. The molecule has 0 spiro atoms. The van der Waals surface area contributed by atoms with Crippen molar-refractivity contribution in [3.05, 3.63) is 53.3 Å². The maximum atomic E-state index is 13.1. The summed E-state index contributed by atoms with van der Waals surface area (Å²) in [4.78, 5) is 16.4. The van der Waals surface area contributed by atoms with Crippen molar-refractivity contribution in [1.29, 1.82) is 0 Å². The standard InChI is InChI=1S/C19H20BFN2O3S/c1-19(2,3)26-18(25)23-17-22-15-13(20)8-11(9-14(15)27-17)16(24)10-4-6-12(21)7-5-10/h4-9,16,24H,20H2,1-3H3,(H,22,23,25). The van der Waals surface area contributed by atoms with Crippen LogP contribution in [-0.2, 0) is 4.74 Å². The first kappa shape index (κ1) is 19.3. The second-order valence-corrected chi connectivity index (χ2v) is 8.32. The van der Waals surface area contributed by atoms with Crippen molar-refractivity contribution in [2.75, 3.05) is 5.32 Å². The molecule has 1 atom stereocenters. The number of aromatic nitrogens is 1. The average molecular weight is 386 g/mol. The first-order valence-electron chi connectivity index (χ1n) is 8.47. The number of amides is 1. The Kier molecular flexibility index (Phi) is 5.21. The second kappa shape index (κ2) is 7.29. The van der Waals surface area contributed by atoms with E-state index in [0.29, 0.717) is 16.3 Å². The highest BCUT2D eigenvalue weighted by molar-refractivity contribution is 7.22. The molecule has 0 bridgehead atoms. The van der Waals surface area contributed by atoms with Crippen LogP contribution in [-0.4, -0.2) is 29.6 Å². The summed E-state index contributed by atoms with van der Waals surface area (Å²) < 4.78 is 19.2. The van der Waals surface area contributed by atoms with Crippen LogP contribution in [0.15, 0.2) is 36.4 Å². The molecule has 1 amide bonds. The maximum absolute atomic E-state index is 13.1. The lowest BCUT2D eigenvalue weighted by Crippen LogP contribution is -2.27. The molecular weight excluding hydrogens is 366 g/mol. The predicted octanol–water partition coefficient (Wildman–Crippen LogP) is 3.12. The van der Waals surface area contributed by atoms with Crippen molar-refractivity contribution in [1.82, 2.24) is 4.98 Å². The Balaban J connectivity index is 1.88. The average Bonchev–Trinajstić information content (AvgIpc) is 2.96. The van der Waals surface area contributed by atoms with E-state index in [1.54, 1.807) is 32.9 Å². The maximum Gasteiger partial charge on any atom is 0.413 e. The van der Waals surface area contributed by atoms with Gasteiger partial charge in [0.1, 0.15) is 25.4 Å². The Labute approximate surface area is 161 Å². The summed E-state index contributed by atoms with van der Waals surface area (Å²) in [5.41, 5.74) is 2.31. The molecule has 1 aromatic heterocycles. The Hall–Kier alpha value is -2.45. The second-order valence-electron chi connectivity index (χ2n) is 7.28. The van der Waals surface area contributed by atoms with Crippen LogP contribution in [0.1, 0.15) is 38.0 Å². The largest absolute Gasteiger partial charge is 0.444 e. The number of benzene rings is 2. The molecule has 0 aliphatic carbocycles. The van der Waals surface area contributed by atoms with Crippen molar-refractivity contribution < 1.29 is 19.0 Å². The van der Waals surface area contributed by atoms with Crippen molar-refractivity contribution >= 4 is 46.1 Å².